The number of rotatable bonds is 10. The molecule has 0 atom stereocenters. The van der Waals surface area contributed by atoms with Crippen molar-refractivity contribution in [2.75, 3.05) is 19.8 Å². The summed E-state index contributed by atoms with van der Waals surface area (Å²) in [6, 6.07) is 8.79. The van der Waals surface area contributed by atoms with Crippen molar-refractivity contribution in [1.29, 1.82) is 0 Å². The molecule has 2 rings (SSSR count). The summed E-state index contributed by atoms with van der Waals surface area (Å²) in [7, 11) is 0. The van der Waals surface area contributed by atoms with Crippen LogP contribution in [0.15, 0.2) is 24.3 Å². The van der Waals surface area contributed by atoms with Crippen LogP contribution < -0.4 is 10.1 Å². The Labute approximate surface area is 122 Å². The smallest absolute Gasteiger partial charge is 0.119 e. The minimum atomic E-state index is 0.513. The van der Waals surface area contributed by atoms with Gasteiger partial charge in [-0.15, -0.1) is 0 Å². The molecule has 0 spiro atoms. The molecule has 1 aromatic carbocycles. The van der Waals surface area contributed by atoms with E-state index in [9.17, 15) is 0 Å². The number of hydrogen-bond donors (Lipinski definition) is 1. The first-order valence-corrected chi connectivity index (χ1v) is 7.77. The Morgan fingerprint density at radius 2 is 1.85 bits per heavy atom. The lowest BCUT2D eigenvalue weighted by Crippen LogP contribution is -2.21. The Morgan fingerprint density at radius 3 is 2.50 bits per heavy atom. The quantitative estimate of drug-likeness (QED) is 0.665. The molecule has 0 aromatic heterocycles. The van der Waals surface area contributed by atoms with Crippen molar-refractivity contribution in [2.24, 2.45) is 5.92 Å². The van der Waals surface area contributed by atoms with Gasteiger partial charge in [0.2, 0.25) is 0 Å². The Balaban J connectivity index is 1.55. The van der Waals surface area contributed by atoms with E-state index in [4.69, 9.17) is 9.47 Å². The Bertz CT molecular complexity index is 371. The molecule has 0 saturated heterocycles. The summed E-state index contributed by atoms with van der Waals surface area (Å²) >= 11 is 0. The van der Waals surface area contributed by atoms with E-state index in [0.717, 1.165) is 24.8 Å². The van der Waals surface area contributed by atoms with Gasteiger partial charge in [-0.2, -0.15) is 0 Å². The lowest BCUT2D eigenvalue weighted by molar-refractivity contribution is 0.0958. The maximum Gasteiger partial charge on any atom is 0.119 e. The molecule has 20 heavy (non-hydrogen) atoms. The molecule has 0 unspecified atom stereocenters. The summed E-state index contributed by atoms with van der Waals surface area (Å²) in [6.07, 6.45) is 4.02. The van der Waals surface area contributed by atoms with Crippen LogP contribution >= 0.6 is 0 Å². The first-order valence-electron chi connectivity index (χ1n) is 7.77. The average molecular weight is 277 g/mol. The summed E-state index contributed by atoms with van der Waals surface area (Å²) in [4.78, 5) is 0. The largest absolute Gasteiger partial charge is 0.491 e. The maximum absolute atomic E-state index is 5.66. The fourth-order valence-electron chi connectivity index (χ4n) is 2.00. The van der Waals surface area contributed by atoms with Crippen LogP contribution in [0.25, 0.3) is 0 Å². The third-order valence-corrected chi connectivity index (χ3v) is 3.50. The summed E-state index contributed by atoms with van der Waals surface area (Å²) in [5, 5.41) is 3.40. The van der Waals surface area contributed by atoms with Crippen LogP contribution in [0.4, 0.5) is 0 Å². The number of nitrogens with one attached hydrogen (secondary N) is 1. The summed E-state index contributed by atoms with van der Waals surface area (Å²) in [5.41, 5.74) is 1.28. The fourth-order valence-corrected chi connectivity index (χ4v) is 2.00. The third-order valence-electron chi connectivity index (χ3n) is 3.50. The van der Waals surface area contributed by atoms with Gasteiger partial charge in [0, 0.05) is 19.2 Å². The van der Waals surface area contributed by atoms with Crippen molar-refractivity contribution < 1.29 is 9.47 Å². The predicted octanol–water partition coefficient (Wildman–Crippen LogP) is 3.38. The van der Waals surface area contributed by atoms with Crippen LogP contribution in [0.2, 0.25) is 0 Å². The van der Waals surface area contributed by atoms with E-state index in [1.54, 1.807) is 0 Å². The molecular weight excluding hydrogens is 250 g/mol. The van der Waals surface area contributed by atoms with E-state index >= 15 is 0 Å². The van der Waals surface area contributed by atoms with Gasteiger partial charge in [0.15, 0.2) is 0 Å². The van der Waals surface area contributed by atoms with Crippen LogP contribution in [-0.4, -0.2) is 25.9 Å². The first-order chi connectivity index (χ1) is 9.74. The highest BCUT2D eigenvalue weighted by Gasteiger charge is 2.20. The van der Waals surface area contributed by atoms with Gasteiger partial charge in [0.1, 0.15) is 12.4 Å². The van der Waals surface area contributed by atoms with Crippen LogP contribution in [0.3, 0.4) is 0 Å². The molecule has 0 aliphatic heterocycles. The zero-order valence-electron chi connectivity index (χ0n) is 12.7. The Kier molecular flexibility index (Phi) is 6.34. The van der Waals surface area contributed by atoms with Crippen molar-refractivity contribution >= 4 is 0 Å². The van der Waals surface area contributed by atoms with Gasteiger partial charge >= 0.3 is 0 Å². The molecule has 1 saturated carbocycles. The molecular formula is C17H27NO2. The predicted molar refractivity (Wildman–Crippen MR) is 82.1 cm³/mol. The highest BCUT2D eigenvalue weighted by Crippen LogP contribution is 2.32. The molecule has 3 heteroatoms. The van der Waals surface area contributed by atoms with Gasteiger partial charge in [-0.3, -0.25) is 0 Å². The van der Waals surface area contributed by atoms with Gasteiger partial charge in [0.05, 0.1) is 6.61 Å². The molecule has 1 aliphatic rings. The molecule has 1 N–H and O–H groups in total. The minimum Gasteiger partial charge on any atom is -0.491 e. The number of hydrogen-bond acceptors (Lipinski definition) is 3. The molecule has 0 radical (unpaired) electrons. The van der Waals surface area contributed by atoms with Crippen LogP contribution in [-0.2, 0) is 11.3 Å². The van der Waals surface area contributed by atoms with Gasteiger partial charge < -0.3 is 14.8 Å². The summed E-state index contributed by atoms with van der Waals surface area (Å²) in [5.74, 6) is 1.87. The molecule has 1 aromatic rings. The van der Waals surface area contributed by atoms with Crippen LogP contribution in [0.1, 0.15) is 38.7 Å². The van der Waals surface area contributed by atoms with E-state index in [-0.39, 0.29) is 0 Å². The highest BCUT2D eigenvalue weighted by molar-refractivity contribution is 5.27. The van der Waals surface area contributed by atoms with Gasteiger partial charge in [-0.05, 0) is 30.0 Å². The van der Waals surface area contributed by atoms with Crippen molar-refractivity contribution in [3.63, 3.8) is 0 Å². The Hall–Kier alpha value is -1.06. The Morgan fingerprint density at radius 1 is 1.10 bits per heavy atom. The SMILES string of the molecule is CC(C)NCc1ccc(OCCOCCC2CC2)cc1. The topological polar surface area (TPSA) is 30.5 Å². The summed E-state index contributed by atoms with van der Waals surface area (Å²) < 4.78 is 11.2. The monoisotopic (exact) mass is 277 g/mol. The molecule has 0 amide bonds. The zero-order valence-corrected chi connectivity index (χ0v) is 12.7. The van der Waals surface area contributed by atoms with Crippen LogP contribution in [0.5, 0.6) is 5.75 Å². The van der Waals surface area contributed by atoms with Crippen molar-refractivity contribution in [3.8, 4) is 5.75 Å². The first kappa shape index (κ1) is 15.3. The molecule has 0 bridgehead atoms. The lowest BCUT2D eigenvalue weighted by atomic mass is 10.2. The van der Waals surface area contributed by atoms with E-state index < -0.39 is 0 Å². The second-order valence-electron chi connectivity index (χ2n) is 5.87. The zero-order chi connectivity index (χ0) is 14.2. The fraction of sp³-hybridized carbons (Fsp3) is 0.647. The second kappa shape index (κ2) is 8.28. The maximum atomic E-state index is 5.66. The molecule has 0 heterocycles. The number of ether oxygens (including phenoxy) is 2. The average Bonchev–Trinajstić information content (AvgIpc) is 3.26. The van der Waals surface area contributed by atoms with Gasteiger partial charge in [0.25, 0.3) is 0 Å². The van der Waals surface area contributed by atoms with E-state index in [1.165, 1.54) is 24.8 Å². The third kappa shape index (κ3) is 6.40. The highest BCUT2D eigenvalue weighted by atomic mass is 16.5. The van der Waals surface area contributed by atoms with E-state index in [1.807, 2.05) is 12.1 Å². The minimum absolute atomic E-state index is 0.513. The molecule has 112 valence electrons. The van der Waals surface area contributed by atoms with Gasteiger partial charge in [-0.25, -0.2) is 0 Å². The van der Waals surface area contributed by atoms with Crippen molar-refractivity contribution in [2.45, 2.75) is 45.7 Å². The summed E-state index contributed by atoms with van der Waals surface area (Å²) in [6.45, 7) is 7.41. The normalized spacial score (nSPS) is 14.8. The van der Waals surface area contributed by atoms with E-state index in [2.05, 4.69) is 31.3 Å². The van der Waals surface area contributed by atoms with Crippen molar-refractivity contribution in [3.05, 3.63) is 29.8 Å². The molecule has 1 fully saturated rings. The van der Waals surface area contributed by atoms with Crippen LogP contribution in [0, 0.1) is 5.92 Å². The standard InChI is InChI=1S/C17H27NO2/c1-14(2)18-13-16-5-7-17(8-6-16)20-12-11-19-10-9-15-3-4-15/h5-8,14-15,18H,3-4,9-13H2,1-2H3. The van der Waals surface area contributed by atoms with Gasteiger partial charge in [-0.1, -0.05) is 38.8 Å². The van der Waals surface area contributed by atoms with Crippen molar-refractivity contribution in [1.82, 2.24) is 5.32 Å². The molecule has 3 nitrogen and oxygen atoms in total. The lowest BCUT2D eigenvalue weighted by Gasteiger charge is -2.10. The second-order valence-corrected chi connectivity index (χ2v) is 5.87. The van der Waals surface area contributed by atoms with E-state index in [0.29, 0.717) is 19.3 Å². The number of benzene rings is 1. The molecule has 1 aliphatic carbocycles.